The lowest BCUT2D eigenvalue weighted by atomic mass is 9.76. The Balaban J connectivity index is 2.04. The molecule has 0 saturated heterocycles. The van der Waals surface area contributed by atoms with Crippen molar-refractivity contribution in [1.82, 2.24) is 5.32 Å². The molecule has 2 nitrogen and oxygen atoms in total. The van der Waals surface area contributed by atoms with E-state index < -0.39 is 0 Å². The van der Waals surface area contributed by atoms with E-state index in [9.17, 15) is 3.89 Å². The van der Waals surface area contributed by atoms with Gasteiger partial charge in [-0.05, 0) is 19.3 Å². The maximum Gasteiger partial charge on any atom is 0.145 e. The fourth-order valence-corrected chi connectivity index (χ4v) is 4.31. The Bertz CT molecular complexity index is 564. The number of amidine groups is 1. The molecule has 7 heteroatoms. The summed E-state index contributed by atoms with van der Waals surface area (Å²) < 4.78 is 13.4. The number of aliphatic imine (C=N–C) groups is 1. The van der Waals surface area contributed by atoms with E-state index in [0.29, 0.717) is 19.9 Å². The third-order valence-corrected chi connectivity index (χ3v) is 6.20. The monoisotopic (exact) mass is 322 g/mol. The lowest BCUT2D eigenvalue weighted by Gasteiger charge is -2.35. The van der Waals surface area contributed by atoms with Crippen molar-refractivity contribution in [2.45, 2.75) is 29.7 Å². The lowest BCUT2D eigenvalue weighted by molar-refractivity contribution is 0.307. The predicted octanol–water partition coefficient (Wildman–Crippen LogP) is 4.82. The van der Waals surface area contributed by atoms with Gasteiger partial charge in [-0.15, -0.1) is 11.3 Å². The van der Waals surface area contributed by atoms with E-state index in [0.717, 1.165) is 25.0 Å². The van der Waals surface area contributed by atoms with E-state index in [1.807, 2.05) is 0 Å². The molecule has 18 heavy (non-hydrogen) atoms. The smallest absolute Gasteiger partial charge is 0.145 e. The molecule has 2 aliphatic rings. The van der Waals surface area contributed by atoms with Crippen LogP contribution >= 0.6 is 46.7 Å². The molecule has 1 fully saturated rings. The molecule has 3 rings (SSSR count). The first-order valence-corrected chi connectivity index (χ1v) is 7.69. The molecule has 1 spiro atoms. The highest BCUT2D eigenvalue weighted by Crippen LogP contribution is 2.47. The van der Waals surface area contributed by atoms with Crippen molar-refractivity contribution in [2.75, 3.05) is 0 Å². The van der Waals surface area contributed by atoms with Gasteiger partial charge in [0.1, 0.15) is 15.7 Å². The van der Waals surface area contributed by atoms with Gasteiger partial charge in [0.25, 0.3) is 0 Å². The Labute approximate surface area is 123 Å². The molecule has 96 valence electrons. The predicted molar refractivity (Wildman–Crippen MR) is 76.7 cm³/mol. The maximum absolute atomic E-state index is 13.0. The number of rotatable bonds is 2. The molecular weight excluding hydrogens is 314 g/mol. The lowest BCUT2D eigenvalue weighted by Crippen LogP contribution is -2.36. The first kappa shape index (κ1) is 12.8. The summed E-state index contributed by atoms with van der Waals surface area (Å²) in [7, 11) is 0. The number of nitrogens with one attached hydrogen (secondary N) is 1. The average Bonchev–Trinajstić information content (AvgIpc) is 2.78. The van der Waals surface area contributed by atoms with Crippen LogP contribution in [-0.4, -0.2) is 11.4 Å². The van der Waals surface area contributed by atoms with Crippen LogP contribution in [0.5, 0.6) is 0 Å². The van der Waals surface area contributed by atoms with E-state index in [-0.39, 0.29) is 22.7 Å². The van der Waals surface area contributed by atoms with E-state index >= 15 is 0 Å². The summed E-state index contributed by atoms with van der Waals surface area (Å²) in [6.07, 6.45) is 3.13. The zero-order valence-electron chi connectivity index (χ0n) is 9.23. The van der Waals surface area contributed by atoms with Gasteiger partial charge in [0.15, 0.2) is 0 Å². The molecule has 2 heterocycles. The van der Waals surface area contributed by atoms with Gasteiger partial charge in [0, 0.05) is 5.70 Å². The average molecular weight is 323 g/mol. The van der Waals surface area contributed by atoms with Crippen LogP contribution in [0.2, 0.25) is 9.36 Å². The molecule has 0 atom stereocenters. The van der Waals surface area contributed by atoms with Gasteiger partial charge in [-0.25, -0.2) is 0 Å². The van der Waals surface area contributed by atoms with Crippen LogP contribution in [0.4, 0.5) is 3.89 Å². The number of halogens is 3. The van der Waals surface area contributed by atoms with Crippen LogP contribution in [0, 0.1) is 0 Å². The van der Waals surface area contributed by atoms with Crippen molar-refractivity contribution >= 4 is 52.5 Å². The second-order valence-corrected chi connectivity index (χ2v) is 6.94. The molecule has 1 aromatic heterocycles. The van der Waals surface area contributed by atoms with Crippen molar-refractivity contribution in [3.05, 3.63) is 26.5 Å². The van der Waals surface area contributed by atoms with Crippen LogP contribution in [0.3, 0.4) is 0 Å². The first-order chi connectivity index (χ1) is 8.57. The van der Waals surface area contributed by atoms with Crippen molar-refractivity contribution in [3.8, 4) is 0 Å². The minimum Gasteiger partial charge on any atom is -0.341 e. The summed E-state index contributed by atoms with van der Waals surface area (Å²) in [5, 5.41) is 3.41. The summed E-state index contributed by atoms with van der Waals surface area (Å²) in [6, 6.07) is 0. The quantitative estimate of drug-likeness (QED) is 0.844. The maximum atomic E-state index is 13.0. The summed E-state index contributed by atoms with van der Waals surface area (Å²) in [5.74, 6) is 0.638. The molecule has 0 unspecified atom stereocenters. The second kappa shape index (κ2) is 4.40. The zero-order chi connectivity index (χ0) is 12.9. The fraction of sp³-hybridized carbons (Fsp3) is 0.364. The Morgan fingerprint density at radius 1 is 1.44 bits per heavy atom. The van der Waals surface area contributed by atoms with Crippen LogP contribution in [0.1, 0.15) is 24.1 Å². The minimum absolute atomic E-state index is 0.100. The zero-order valence-corrected chi connectivity index (χ0v) is 12.4. The normalized spacial score (nSPS) is 20.8. The van der Waals surface area contributed by atoms with E-state index in [2.05, 4.69) is 16.9 Å². The van der Waals surface area contributed by atoms with Crippen molar-refractivity contribution in [1.29, 1.82) is 0 Å². The SMILES string of the molecule is C=C1NC(c2sc(Cl)c(Cl)c2SF)=NC12CCC2. The van der Waals surface area contributed by atoms with E-state index in [1.54, 1.807) is 0 Å². The van der Waals surface area contributed by atoms with Crippen LogP contribution in [-0.2, 0) is 0 Å². The van der Waals surface area contributed by atoms with E-state index in [4.69, 9.17) is 23.2 Å². The highest BCUT2D eigenvalue weighted by molar-refractivity contribution is 7.94. The van der Waals surface area contributed by atoms with E-state index in [1.165, 1.54) is 11.3 Å². The highest BCUT2D eigenvalue weighted by atomic mass is 35.5. The molecular formula is C11H9Cl2FN2S2. The molecule has 1 aromatic rings. The molecule has 1 aliphatic heterocycles. The molecule has 1 saturated carbocycles. The minimum atomic E-state index is -0.184. The van der Waals surface area contributed by atoms with Crippen molar-refractivity contribution in [3.63, 3.8) is 0 Å². The molecule has 1 aliphatic carbocycles. The summed E-state index contributed by atoms with van der Waals surface area (Å²) in [6.45, 7) is 4.00. The van der Waals surface area contributed by atoms with Gasteiger partial charge in [-0.3, -0.25) is 4.99 Å². The summed E-state index contributed by atoms with van der Waals surface area (Å²) in [5.41, 5.74) is 0.704. The molecule has 1 N–H and O–H groups in total. The molecule has 0 bridgehead atoms. The number of hydrogen-bond donors (Lipinski definition) is 1. The molecule has 0 aromatic carbocycles. The van der Waals surface area contributed by atoms with Gasteiger partial charge >= 0.3 is 0 Å². The Morgan fingerprint density at radius 2 is 2.17 bits per heavy atom. The van der Waals surface area contributed by atoms with Crippen LogP contribution < -0.4 is 5.32 Å². The van der Waals surface area contributed by atoms with Gasteiger partial charge < -0.3 is 5.32 Å². The Morgan fingerprint density at radius 3 is 2.67 bits per heavy atom. The fourth-order valence-electron chi connectivity index (χ4n) is 2.20. The summed E-state index contributed by atoms with van der Waals surface area (Å²) in [4.78, 5) is 5.65. The van der Waals surface area contributed by atoms with Gasteiger partial charge in [-0.1, -0.05) is 29.8 Å². The standard InChI is InChI=1S/C11H9Cl2FN2S2/c1-5-11(3-2-4-11)16-10(15-5)8-7(18-14)6(12)9(13)17-8/h1-4H2,(H,15,16). The third-order valence-electron chi connectivity index (χ3n) is 3.40. The number of hydrogen-bond acceptors (Lipinski definition) is 4. The molecule has 0 radical (unpaired) electrons. The number of nitrogens with zero attached hydrogens (tertiary/aromatic N) is 1. The first-order valence-electron chi connectivity index (χ1n) is 5.40. The van der Waals surface area contributed by atoms with Crippen LogP contribution in [0.15, 0.2) is 22.2 Å². The van der Waals surface area contributed by atoms with Crippen molar-refractivity contribution in [2.24, 2.45) is 4.99 Å². The van der Waals surface area contributed by atoms with Gasteiger partial charge in [0.2, 0.25) is 0 Å². The molecule has 0 amide bonds. The van der Waals surface area contributed by atoms with Crippen LogP contribution in [0.25, 0.3) is 0 Å². The Hall–Kier alpha value is -0.230. The van der Waals surface area contributed by atoms with Gasteiger partial charge in [0.05, 0.1) is 26.9 Å². The Kier molecular flexibility index (Phi) is 3.13. The second-order valence-electron chi connectivity index (χ2n) is 4.37. The summed E-state index contributed by atoms with van der Waals surface area (Å²) >= 11 is 13.2. The van der Waals surface area contributed by atoms with Gasteiger partial charge in [-0.2, -0.15) is 3.89 Å². The van der Waals surface area contributed by atoms with Crippen molar-refractivity contribution < 1.29 is 3.89 Å². The topological polar surface area (TPSA) is 24.4 Å². The largest absolute Gasteiger partial charge is 0.341 e. The number of thiophene rings is 1. The highest BCUT2D eigenvalue weighted by Gasteiger charge is 2.44. The third kappa shape index (κ3) is 1.72.